The highest BCUT2D eigenvalue weighted by Gasteiger charge is 2.21. The number of nitrogens with zero attached hydrogens (tertiary/aromatic N) is 4. The third-order valence-electron chi connectivity index (χ3n) is 5.23. The van der Waals surface area contributed by atoms with E-state index in [1.807, 2.05) is 0 Å². The number of fused-ring (bicyclic) bond motifs is 1. The summed E-state index contributed by atoms with van der Waals surface area (Å²) in [5.74, 6) is 0.762. The van der Waals surface area contributed by atoms with Gasteiger partial charge in [0.2, 0.25) is 5.91 Å². The zero-order valence-electron chi connectivity index (χ0n) is 17.6. The molecule has 1 amide bonds. The minimum atomic E-state index is -0.326. The number of nitriles is 1. The highest BCUT2D eigenvalue weighted by molar-refractivity contribution is 7.99. The number of aryl methyl sites for hydroxylation is 1. The maximum Gasteiger partial charge on any atom is 0.235 e. The fraction of sp³-hybridized carbons (Fsp3) is 0.364. The third kappa shape index (κ3) is 5.11. The molecular weight excluding hydrogens is 449 g/mol. The van der Waals surface area contributed by atoms with Gasteiger partial charge < -0.3 is 14.6 Å². The molecule has 3 aromatic rings. The molecule has 166 valence electrons. The number of benzene rings is 1. The highest BCUT2D eigenvalue weighted by atomic mass is 32.2. The van der Waals surface area contributed by atoms with Gasteiger partial charge in [0.05, 0.1) is 11.3 Å². The van der Waals surface area contributed by atoms with Crippen LogP contribution in [-0.4, -0.2) is 26.4 Å². The Labute approximate surface area is 193 Å². The second kappa shape index (κ2) is 10.1. The van der Waals surface area contributed by atoms with Gasteiger partial charge in [0.15, 0.2) is 11.0 Å². The lowest BCUT2D eigenvalue weighted by atomic mass is 10.1. The van der Waals surface area contributed by atoms with Gasteiger partial charge in [-0.15, -0.1) is 21.5 Å². The second-order valence-electron chi connectivity index (χ2n) is 7.42. The van der Waals surface area contributed by atoms with E-state index in [2.05, 4.69) is 21.6 Å². The molecular formula is C22H22FN5O2S2. The van der Waals surface area contributed by atoms with Crippen molar-refractivity contribution in [2.45, 2.75) is 43.9 Å². The first-order valence-corrected chi connectivity index (χ1v) is 12.1. The molecule has 7 nitrogen and oxygen atoms in total. The Morgan fingerprint density at radius 1 is 1.28 bits per heavy atom. The van der Waals surface area contributed by atoms with E-state index in [0.717, 1.165) is 31.2 Å². The van der Waals surface area contributed by atoms with E-state index in [1.54, 1.807) is 23.7 Å². The minimum Gasteiger partial charge on any atom is -0.486 e. The molecule has 1 N–H and O–H groups in total. The minimum absolute atomic E-state index is 0.151. The molecule has 0 atom stereocenters. The molecule has 0 spiro atoms. The first-order chi connectivity index (χ1) is 15.5. The Morgan fingerprint density at radius 3 is 2.84 bits per heavy atom. The first kappa shape index (κ1) is 22.3. The maximum atomic E-state index is 13.0. The number of carbonyl (C=O) groups is 1. The van der Waals surface area contributed by atoms with Crippen molar-refractivity contribution in [2.75, 3.05) is 11.1 Å². The van der Waals surface area contributed by atoms with Crippen molar-refractivity contribution in [2.24, 2.45) is 7.05 Å². The molecule has 0 saturated carbocycles. The number of nitrogens with one attached hydrogen (secondary N) is 1. The number of carbonyl (C=O) groups excluding carboxylic acids is 1. The van der Waals surface area contributed by atoms with Gasteiger partial charge in [0, 0.05) is 11.9 Å². The lowest BCUT2D eigenvalue weighted by molar-refractivity contribution is -0.113. The zero-order valence-corrected chi connectivity index (χ0v) is 19.2. The molecule has 32 heavy (non-hydrogen) atoms. The Morgan fingerprint density at radius 2 is 2.06 bits per heavy atom. The third-order valence-corrected chi connectivity index (χ3v) is 7.45. The van der Waals surface area contributed by atoms with Gasteiger partial charge in [-0.2, -0.15) is 5.26 Å². The summed E-state index contributed by atoms with van der Waals surface area (Å²) in [5, 5.41) is 22.0. The number of thioether (sulfide) groups is 1. The van der Waals surface area contributed by atoms with Crippen molar-refractivity contribution in [3.05, 3.63) is 51.9 Å². The molecule has 0 fully saturated rings. The van der Waals surface area contributed by atoms with Crippen LogP contribution in [0.1, 0.15) is 41.1 Å². The molecule has 0 radical (unpaired) electrons. The number of hydrogen-bond donors (Lipinski definition) is 1. The summed E-state index contributed by atoms with van der Waals surface area (Å²) in [6.45, 7) is 0.175. The molecule has 0 unspecified atom stereocenters. The van der Waals surface area contributed by atoms with E-state index in [4.69, 9.17) is 4.74 Å². The van der Waals surface area contributed by atoms with Gasteiger partial charge in [-0.05, 0) is 55.5 Å². The summed E-state index contributed by atoms with van der Waals surface area (Å²) in [7, 11) is 1.80. The topological polar surface area (TPSA) is 92.8 Å². The van der Waals surface area contributed by atoms with Crippen LogP contribution in [0.4, 0.5) is 9.39 Å². The zero-order chi connectivity index (χ0) is 22.5. The summed E-state index contributed by atoms with van der Waals surface area (Å²) >= 11 is 2.79. The van der Waals surface area contributed by atoms with E-state index < -0.39 is 0 Å². The van der Waals surface area contributed by atoms with E-state index >= 15 is 0 Å². The fourth-order valence-corrected chi connectivity index (χ4v) is 5.50. The van der Waals surface area contributed by atoms with E-state index in [9.17, 15) is 14.4 Å². The molecule has 0 bridgehead atoms. The largest absolute Gasteiger partial charge is 0.486 e. The van der Waals surface area contributed by atoms with Crippen molar-refractivity contribution >= 4 is 34.0 Å². The van der Waals surface area contributed by atoms with Crippen LogP contribution in [0, 0.1) is 17.1 Å². The SMILES string of the molecule is Cn1c(COc2ccc(F)cc2)nnc1SCC(=O)Nc1sc2c(c1C#N)CCCCC2. The summed E-state index contributed by atoms with van der Waals surface area (Å²) in [4.78, 5) is 13.8. The second-order valence-corrected chi connectivity index (χ2v) is 9.47. The molecule has 10 heteroatoms. The standard InChI is InChI=1S/C22H22FN5O2S2/c1-28-19(12-30-15-9-7-14(23)8-10-15)26-27-22(28)31-13-20(29)25-21-17(11-24)16-5-3-2-4-6-18(16)32-21/h7-10H,2-6,12-13H2,1H3,(H,25,29). The predicted molar refractivity (Wildman–Crippen MR) is 121 cm³/mol. The highest BCUT2D eigenvalue weighted by Crippen LogP contribution is 2.37. The van der Waals surface area contributed by atoms with Crippen molar-refractivity contribution in [1.29, 1.82) is 5.26 Å². The maximum absolute atomic E-state index is 13.0. The van der Waals surface area contributed by atoms with Gasteiger partial charge in [-0.3, -0.25) is 4.79 Å². The molecule has 1 aliphatic rings. The summed E-state index contributed by atoms with van der Waals surface area (Å²) in [5.41, 5.74) is 1.72. The molecule has 4 rings (SSSR count). The van der Waals surface area contributed by atoms with Gasteiger partial charge >= 0.3 is 0 Å². The predicted octanol–water partition coefficient (Wildman–Crippen LogP) is 4.47. The van der Waals surface area contributed by atoms with Gasteiger partial charge in [0.25, 0.3) is 0 Å². The normalized spacial score (nSPS) is 13.2. The Hall–Kier alpha value is -2.90. The first-order valence-electron chi connectivity index (χ1n) is 10.3. The summed E-state index contributed by atoms with van der Waals surface area (Å²) in [6.07, 6.45) is 5.27. The van der Waals surface area contributed by atoms with Crippen LogP contribution in [0.2, 0.25) is 0 Å². The van der Waals surface area contributed by atoms with Crippen molar-refractivity contribution in [3.8, 4) is 11.8 Å². The van der Waals surface area contributed by atoms with Crippen LogP contribution in [0.5, 0.6) is 5.75 Å². The van der Waals surface area contributed by atoms with E-state index in [0.29, 0.717) is 27.3 Å². The smallest absolute Gasteiger partial charge is 0.235 e. The molecule has 0 aliphatic heterocycles. The average molecular weight is 472 g/mol. The Kier molecular flexibility index (Phi) is 7.07. The molecule has 2 aromatic heterocycles. The Bertz CT molecular complexity index is 1150. The number of amides is 1. The van der Waals surface area contributed by atoms with E-state index in [-0.39, 0.29) is 24.1 Å². The lowest BCUT2D eigenvalue weighted by Gasteiger charge is -2.07. The number of halogens is 1. The number of anilines is 1. The number of ether oxygens (including phenoxy) is 1. The number of rotatable bonds is 7. The Balaban J connectivity index is 1.34. The van der Waals surface area contributed by atoms with Crippen LogP contribution < -0.4 is 10.1 Å². The summed E-state index contributed by atoms with van der Waals surface area (Å²) < 4.78 is 20.4. The summed E-state index contributed by atoms with van der Waals surface area (Å²) in [6, 6.07) is 8.03. The van der Waals surface area contributed by atoms with Crippen molar-refractivity contribution in [1.82, 2.24) is 14.8 Å². The van der Waals surface area contributed by atoms with Crippen LogP contribution in [0.3, 0.4) is 0 Å². The van der Waals surface area contributed by atoms with E-state index in [1.165, 1.54) is 46.5 Å². The van der Waals surface area contributed by atoms with Gasteiger partial charge in [-0.25, -0.2) is 4.39 Å². The molecule has 2 heterocycles. The van der Waals surface area contributed by atoms with Gasteiger partial charge in [0.1, 0.15) is 29.2 Å². The number of aromatic nitrogens is 3. The van der Waals surface area contributed by atoms with Crippen LogP contribution in [0.25, 0.3) is 0 Å². The van der Waals surface area contributed by atoms with Crippen LogP contribution in [0.15, 0.2) is 29.4 Å². The monoisotopic (exact) mass is 471 g/mol. The lowest BCUT2D eigenvalue weighted by Crippen LogP contribution is -2.14. The van der Waals surface area contributed by atoms with Crippen molar-refractivity contribution < 1.29 is 13.9 Å². The number of thiophene rings is 1. The molecule has 1 aromatic carbocycles. The van der Waals surface area contributed by atoms with Crippen LogP contribution in [-0.2, 0) is 31.3 Å². The number of hydrogen-bond acceptors (Lipinski definition) is 7. The average Bonchev–Trinajstić information content (AvgIpc) is 3.21. The van der Waals surface area contributed by atoms with Crippen LogP contribution >= 0.6 is 23.1 Å². The van der Waals surface area contributed by atoms with Crippen molar-refractivity contribution in [3.63, 3.8) is 0 Å². The van der Waals surface area contributed by atoms with Gasteiger partial charge in [-0.1, -0.05) is 18.2 Å². The fourth-order valence-electron chi connectivity index (χ4n) is 3.52. The quantitative estimate of drug-likeness (QED) is 0.404. The molecule has 1 aliphatic carbocycles. The molecule has 0 saturated heterocycles.